The summed E-state index contributed by atoms with van der Waals surface area (Å²) in [6, 6.07) is 11.1. The van der Waals surface area contributed by atoms with E-state index in [4.69, 9.17) is 10.2 Å². The lowest BCUT2D eigenvalue weighted by atomic mass is 10.3. The zero-order valence-electron chi connectivity index (χ0n) is 11.3. The third-order valence-corrected chi connectivity index (χ3v) is 3.13. The Morgan fingerprint density at radius 2 is 1.64 bits per heavy atom. The summed E-state index contributed by atoms with van der Waals surface area (Å²) in [7, 11) is 0. The van der Waals surface area contributed by atoms with Gasteiger partial charge in [-0.05, 0) is 24.3 Å². The molecule has 22 heavy (non-hydrogen) atoms. The van der Waals surface area contributed by atoms with E-state index in [2.05, 4.69) is 25.1 Å². The predicted octanol–water partition coefficient (Wildman–Crippen LogP) is 2.32. The molecule has 2 N–H and O–H groups in total. The molecular weight excluding hydrogens is 280 g/mol. The molecular formula is C15H10N6O. The Hall–Kier alpha value is -3.35. The van der Waals surface area contributed by atoms with Crippen molar-refractivity contribution in [1.29, 1.82) is 0 Å². The van der Waals surface area contributed by atoms with Crippen molar-refractivity contribution in [2.45, 2.75) is 0 Å². The number of pyridine rings is 1. The van der Waals surface area contributed by atoms with Gasteiger partial charge in [0.2, 0.25) is 5.89 Å². The van der Waals surface area contributed by atoms with E-state index < -0.39 is 0 Å². The molecule has 3 aromatic heterocycles. The van der Waals surface area contributed by atoms with Gasteiger partial charge in [0.05, 0.1) is 16.6 Å². The molecule has 0 fully saturated rings. The quantitative estimate of drug-likeness (QED) is 0.604. The number of nitrogens with two attached hydrogens (primary N) is 1. The van der Waals surface area contributed by atoms with Gasteiger partial charge in [-0.25, -0.2) is 9.97 Å². The highest BCUT2D eigenvalue weighted by atomic mass is 16.4. The third-order valence-electron chi connectivity index (χ3n) is 3.13. The molecule has 0 bridgehead atoms. The topological polar surface area (TPSA) is 104 Å². The van der Waals surface area contributed by atoms with Gasteiger partial charge in [0.1, 0.15) is 0 Å². The minimum Gasteiger partial charge on any atom is -0.414 e. The summed E-state index contributed by atoms with van der Waals surface area (Å²) >= 11 is 0. The van der Waals surface area contributed by atoms with Crippen molar-refractivity contribution < 1.29 is 4.42 Å². The fraction of sp³-hybridized carbons (Fsp3) is 0. The normalized spacial score (nSPS) is 10.9. The highest BCUT2D eigenvalue weighted by Gasteiger charge is 2.16. The molecule has 0 aliphatic carbocycles. The second-order valence-corrected chi connectivity index (χ2v) is 4.60. The number of hydrogen-bond donors (Lipinski definition) is 1. The number of anilines is 1. The summed E-state index contributed by atoms with van der Waals surface area (Å²) in [4.78, 5) is 12.8. The van der Waals surface area contributed by atoms with Crippen molar-refractivity contribution in [3.05, 3.63) is 48.8 Å². The molecule has 0 unspecified atom stereocenters. The molecule has 4 aromatic rings. The molecule has 0 aliphatic rings. The van der Waals surface area contributed by atoms with Gasteiger partial charge in [-0.3, -0.25) is 4.98 Å². The van der Waals surface area contributed by atoms with Crippen molar-refractivity contribution >= 4 is 16.9 Å². The standard InChI is InChI=1S/C15H10N6O/c16-13-12(18-10-5-1-2-6-11(10)19-13)15-21-20-14(22-15)9-4-3-7-17-8-9/h1-8H,(H2,16,19). The Bertz CT molecular complexity index is 951. The van der Waals surface area contributed by atoms with Gasteiger partial charge in [0.15, 0.2) is 11.5 Å². The fourth-order valence-corrected chi connectivity index (χ4v) is 2.10. The molecule has 0 atom stereocenters. The summed E-state index contributed by atoms with van der Waals surface area (Å²) in [5.41, 5.74) is 8.49. The van der Waals surface area contributed by atoms with Crippen molar-refractivity contribution in [2.24, 2.45) is 0 Å². The maximum absolute atomic E-state index is 5.95. The highest BCUT2D eigenvalue weighted by Crippen LogP contribution is 2.26. The SMILES string of the molecule is Nc1nc2ccccc2nc1-c1nnc(-c2cccnc2)o1. The monoisotopic (exact) mass is 290 g/mol. The largest absolute Gasteiger partial charge is 0.414 e. The maximum atomic E-state index is 5.95. The fourth-order valence-electron chi connectivity index (χ4n) is 2.10. The van der Waals surface area contributed by atoms with Gasteiger partial charge in [-0.2, -0.15) is 0 Å². The molecule has 0 spiro atoms. The Morgan fingerprint density at radius 1 is 0.864 bits per heavy atom. The average molecular weight is 290 g/mol. The Balaban J connectivity index is 1.82. The number of hydrogen-bond acceptors (Lipinski definition) is 7. The van der Waals surface area contributed by atoms with E-state index in [-0.39, 0.29) is 11.7 Å². The first-order valence-electron chi connectivity index (χ1n) is 6.58. The second kappa shape index (κ2) is 4.88. The van der Waals surface area contributed by atoms with E-state index in [1.165, 1.54) is 0 Å². The average Bonchev–Trinajstić information content (AvgIpc) is 3.05. The van der Waals surface area contributed by atoms with Crippen LogP contribution in [0.3, 0.4) is 0 Å². The van der Waals surface area contributed by atoms with E-state index in [1.54, 1.807) is 18.5 Å². The van der Waals surface area contributed by atoms with Crippen LogP contribution in [0.4, 0.5) is 5.82 Å². The van der Waals surface area contributed by atoms with E-state index >= 15 is 0 Å². The van der Waals surface area contributed by atoms with Crippen LogP contribution in [0.15, 0.2) is 53.2 Å². The van der Waals surface area contributed by atoms with Gasteiger partial charge in [-0.15, -0.1) is 10.2 Å². The number of benzene rings is 1. The molecule has 7 heteroatoms. The number of para-hydroxylation sites is 2. The van der Waals surface area contributed by atoms with Gasteiger partial charge in [0.25, 0.3) is 5.89 Å². The third kappa shape index (κ3) is 2.05. The van der Waals surface area contributed by atoms with Crippen LogP contribution in [-0.4, -0.2) is 25.1 Å². The Morgan fingerprint density at radius 3 is 2.41 bits per heavy atom. The summed E-state index contributed by atoms with van der Waals surface area (Å²) in [6.07, 6.45) is 3.32. The highest BCUT2D eigenvalue weighted by molar-refractivity contribution is 5.80. The number of fused-ring (bicyclic) bond motifs is 1. The van der Waals surface area contributed by atoms with E-state index in [0.717, 1.165) is 11.1 Å². The molecule has 4 rings (SSSR count). The van der Waals surface area contributed by atoms with E-state index in [0.29, 0.717) is 17.1 Å². The smallest absolute Gasteiger partial charge is 0.270 e. The lowest BCUT2D eigenvalue weighted by Gasteiger charge is -2.02. The summed E-state index contributed by atoms with van der Waals surface area (Å²) in [5, 5.41) is 8.01. The number of rotatable bonds is 2. The lowest BCUT2D eigenvalue weighted by molar-refractivity contribution is 0.582. The van der Waals surface area contributed by atoms with E-state index in [1.807, 2.05) is 30.3 Å². The Kier molecular flexibility index (Phi) is 2.75. The lowest BCUT2D eigenvalue weighted by Crippen LogP contribution is -1.98. The van der Waals surface area contributed by atoms with Gasteiger partial charge < -0.3 is 10.2 Å². The molecule has 106 valence electrons. The van der Waals surface area contributed by atoms with Crippen LogP contribution in [0.2, 0.25) is 0 Å². The first kappa shape index (κ1) is 12.4. The predicted molar refractivity (Wildman–Crippen MR) is 80.5 cm³/mol. The van der Waals surface area contributed by atoms with Crippen LogP contribution in [0.1, 0.15) is 0 Å². The minimum absolute atomic E-state index is 0.231. The summed E-state index contributed by atoms with van der Waals surface area (Å²) in [5.74, 6) is 0.840. The van der Waals surface area contributed by atoms with Crippen LogP contribution < -0.4 is 5.73 Å². The summed E-state index contributed by atoms with van der Waals surface area (Å²) in [6.45, 7) is 0. The first-order chi connectivity index (χ1) is 10.8. The summed E-state index contributed by atoms with van der Waals surface area (Å²) < 4.78 is 5.64. The molecule has 3 heterocycles. The van der Waals surface area contributed by atoms with Crippen molar-refractivity contribution in [3.8, 4) is 23.0 Å². The van der Waals surface area contributed by atoms with Crippen molar-refractivity contribution in [2.75, 3.05) is 5.73 Å². The van der Waals surface area contributed by atoms with Gasteiger partial charge >= 0.3 is 0 Å². The van der Waals surface area contributed by atoms with Crippen LogP contribution in [0.25, 0.3) is 34.1 Å². The molecule has 7 nitrogen and oxygen atoms in total. The Labute approximate surface area is 124 Å². The zero-order valence-corrected chi connectivity index (χ0v) is 11.3. The number of nitrogen functional groups attached to an aromatic ring is 1. The van der Waals surface area contributed by atoms with Crippen molar-refractivity contribution in [3.63, 3.8) is 0 Å². The minimum atomic E-state index is 0.231. The zero-order chi connectivity index (χ0) is 14.9. The first-order valence-corrected chi connectivity index (χ1v) is 6.58. The number of aromatic nitrogens is 5. The van der Waals surface area contributed by atoms with Gasteiger partial charge in [-0.1, -0.05) is 12.1 Å². The maximum Gasteiger partial charge on any atom is 0.270 e. The number of nitrogens with zero attached hydrogens (tertiary/aromatic N) is 5. The van der Waals surface area contributed by atoms with Crippen molar-refractivity contribution in [1.82, 2.24) is 25.1 Å². The van der Waals surface area contributed by atoms with Gasteiger partial charge in [0, 0.05) is 12.4 Å². The van der Waals surface area contributed by atoms with E-state index in [9.17, 15) is 0 Å². The molecule has 0 saturated heterocycles. The molecule has 0 aliphatic heterocycles. The molecule has 0 amide bonds. The van der Waals surface area contributed by atoms with Crippen LogP contribution >= 0.6 is 0 Å². The molecule has 0 saturated carbocycles. The van der Waals surface area contributed by atoms with Crippen LogP contribution in [0.5, 0.6) is 0 Å². The molecule has 1 aromatic carbocycles. The molecule has 0 radical (unpaired) electrons. The van der Waals surface area contributed by atoms with Crippen LogP contribution in [0, 0.1) is 0 Å². The van der Waals surface area contributed by atoms with Crippen LogP contribution in [-0.2, 0) is 0 Å². The second-order valence-electron chi connectivity index (χ2n) is 4.60.